The highest BCUT2D eigenvalue weighted by Gasteiger charge is 2.55. The van der Waals surface area contributed by atoms with Crippen LogP contribution in [0.1, 0.15) is 56.4 Å². The Balaban J connectivity index is 1.67. The number of nitrogens with zero attached hydrogens (tertiary/aromatic N) is 1. The average Bonchev–Trinajstić information content (AvgIpc) is 3.34. The molecule has 1 aromatic carbocycles. The second-order valence-electron chi connectivity index (χ2n) is 11.1. The standard InChI is InChI=1S/C27H30F7N3O3/c1-13(15-8-16(26(29,30)31)10-17(9-15)27(32,33)34)40-20-12-37-21(38)11-19(36-24(39)25(2,3)35)23(37)22(20)14-4-6-18(28)7-5-14/h4,6-10,13-14,19-20,22-23H,5,11-12,35H2,1-3H3,(H,36,39)/t13-,14-,19?,20+,22?,23+/m1/s1. The van der Waals surface area contributed by atoms with E-state index in [-0.39, 0.29) is 42.8 Å². The summed E-state index contributed by atoms with van der Waals surface area (Å²) in [5, 5.41) is 2.81. The third-order valence-corrected chi connectivity index (χ3v) is 7.63. The van der Waals surface area contributed by atoms with Gasteiger partial charge in [0.15, 0.2) is 0 Å². The molecule has 2 fully saturated rings. The lowest BCUT2D eigenvalue weighted by Gasteiger charge is -2.35. The molecule has 0 bridgehead atoms. The van der Waals surface area contributed by atoms with E-state index in [1.54, 1.807) is 6.08 Å². The number of carbonyl (C=O) groups excluding carboxylic acids is 2. The quantitative estimate of drug-likeness (QED) is 0.464. The number of carbonyl (C=O) groups is 2. The minimum Gasteiger partial charge on any atom is -0.368 e. The average molecular weight is 578 g/mol. The summed E-state index contributed by atoms with van der Waals surface area (Å²) >= 11 is 0. The number of halogens is 7. The van der Waals surface area contributed by atoms with Gasteiger partial charge >= 0.3 is 12.4 Å². The molecule has 0 spiro atoms. The zero-order valence-electron chi connectivity index (χ0n) is 21.9. The van der Waals surface area contributed by atoms with Gasteiger partial charge in [0, 0.05) is 18.9 Å². The van der Waals surface area contributed by atoms with Crippen LogP contribution in [-0.4, -0.2) is 47.0 Å². The topological polar surface area (TPSA) is 84.7 Å². The molecular formula is C27H30F7N3O3. The fraction of sp³-hybridized carbons (Fsp3) is 0.556. The van der Waals surface area contributed by atoms with Gasteiger partial charge in [0.2, 0.25) is 11.8 Å². The predicted molar refractivity (Wildman–Crippen MR) is 130 cm³/mol. The van der Waals surface area contributed by atoms with Gasteiger partial charge in [-0.05, 0) is 69.0 Å². The SMILES string of the molecule is C[C@@H](O[C@H]1CN2C(=O)CC(NC(=O)C(C)(C)N)[C@H]2C1[C@@H]1C=CC(F)=CC1)c1cc(C(F)(F)F)cc(C(F)(F)F)c1. The Hall–Kier alpha value is -2.93. The first-order valence-electron chi connectivity index (χ1n) is 12.7. The summed E-state index contributed by atoms with van der Waals surface area (Å²) in [6, 6.07) is -0.00960. The lowest BCUT2D eigenvalue weighted by atomic mass is 9.78. The van der Waals surface area contributed by atoms with Crippen molar-refractivity contribution in [2.45, 2.75) is 75.8 Å². The highest BCUT2D eigenvalue weighted by atomic mass is 19.4. The van der Waals surface area contributed by atoms with Crippen LogP contribution in [0.25, 0.3) is 0 Å². The number of allylic oxidation sites excluding steroid dienone is 4. The maximum Gasteiger partial charge on any atom is 0.416 e. The Morgan fingerprint density at radius 1 is 1.10 bits per heavy atom. The Kier molecular flexibility index (Phi) is 7.87. The van der Waals surface area contributed by atoms with Crippen molar-refractivity contribution < 1.29 is 45.1 Å². The van der Waals surface area contributed by atoms with Crippen LogP contribution in [0.15, 0.2) is 42.3 Å². The van der Waals surface area contributed by atoms with E-state index in [2.05, 4.69) is 5.32 Å². The number of hydrogen-bond donors (Lipinski definition) is 2. The molecule has 2 aliphatic heterocycles. The molecule has 0 aromatic heterocycles. The van der Waals surface area contributed by atoms with Crippen LogP contribution in [0.3, 0.4) is 0 Å². The molecule has 13 heteroatoms. The molecule has 2 unspecified atom stereocenters. The number of amides is 2. The Morgan fingerprint density at radius 3 is 2.20 bits per heavy atom. The molecule has 1 aliphatic carbocycles. The van der Waals surface area contributed by atoms with Crippen LogP contribution < -0.4 is 11.1 Å². The van der Waals surface area contributed by atoms with Crippen LogP contribution in [0, 0.1) is 11.8 Å². The van der Waals surface area contributed by atoms with E-state index in [0.717, 1.165) is 0 Å². The smallest absolute Gasteiger partial charge is 0.368 e. The van der Waals surface area contributed by atoms with Crippen molar-refractivity contribution >= 4 is 11.8 Å². The minimum absolute atomic E-state index is 0.00147. The van der Waals surface area contributed by atoms with Crippen LogP contribution in [0.4, 0.5) is 30.7 Å². The van der Waals surface area contributed by atoms with Gasteiger partial charge in [0.25, 0.3) is 0 Å². The summed E-state index contributed by atoms with van der Waals surface area (Å²) < 4.78 is 100. The fourth-order valence-corrected chi connectivity index (χ4v) is 5.65. The second kappa shape index (κ2) is 10.5. The Morgan fingerprint density at radius 2 is 1.70 bits per heavy atom. The maximum atomic E-state index is 13.8. The Bertz CT molecular complexity index is 1190. The molecule has 2 saturated heterocycles. The van der Waals surface area contributed by atoms with Gasteiger partial charge in [0.1, 0.15) is 5.83 Å². The van der Waals surface area contributed by atoms with Crippen molar-refractivity contribution in [3.05, 3.63) is 58.9 Å². The minimum atomic E-state index is -5.02. The van der Waals surface area contributed by atoms with Crippen molar-refractivity contribution in [1.82, 2.24) is 10.2 Å². The van der Waals surface area contributed by atoms with Crippen molar-refractivity contribution in [1.29, 1.82) is 0 Å². The van der Waals surface area contributed by atoms with Gasteiger partial charge in [-0.15, -0.1) is 0 Å². The van der Waals surface area contributed by atoms with Crippen LogP contribution in [0.5, 0.6) is 0 Å². The highest BCUT2D eigenvalue weighted by molar-refractivity contribution is 5.87. The van der Waals surface area contributed by atoms with Crippen LogP contribution in [-0.2, 0) is 26.7 Å². The van der Waals surface area contributed by atoms with E-state index in [1.165, 1.54) is 37.8 Å². The summed E-state index contributed by atoms with van der Waals surface area (Å²) in [6.07, 6.45) is -7.68. The highest BCUT2D eigenvalue weighted by Crippen LogP contribution is 2.45. The molecule has 6 nitrogen and oxygen atoms in total. The van der Waals surface area contributed by atoms with E-state index < -0.39 is 71.0 Å². The molecule has 40 heavy (non-hydrogen) atoms. The van der Waals surface area contributed by atoms with Crippen LogP contribution >= 0.6 is 0 Å². The number of fused-ring (bicyclic) bond motifs is 1. The lowest BCUT2D eigenvalue weighted by Crippen LogP contribution is -2.55. The van der Waals surface area contributed by atoms with Crippen molar-refractivity contribution in [2.24, 2.45) is 17.6 Å². The van der Waals surface area contributed by atoms with Crippen molar-refractivity contribution in [3.8, 4) is 0 Å². The first-order valence-corrected chi connectivity index (χ1v) is 12.7. The van der Waals surface area contributed by atoms with Crippen molar-refractivity contribution in [3.63, 3.8) is 0 Å². The van der Waals surface area contributed by atoms with Gasteiger partial charge in [-0.2, -0.15) is 26.3 Å². The summed E-state index contributed by atoms with van der Waals surface area (Å²) in [6.45, 7) is 4.33. The number of nitrogens with two attached hydrogens (primary N) is 1. The van der Waals surface area contributed by atoms with Crippen LogP contribution in [0.2, 0.25) is 0 Å². The molecule has 0 saturated carbocycles. The molecule has 1 aromatic rings. The molecule has 3 N–H and O–H groups in total. The monoisotopic (exact) mass is 577 g/mol. The Labute approximate surface area is 226 Å². The first kappa shape index (κ1) is 30.0. The van der Waals surface area contributed by atoms with Gasteiger partial charge < -0.3 is 20.7 Å². The number of hydrogen-bond acceptors (Lipinski definition) is 4. The molecule has 220 valence electrons. The number of ether oxygens (including phenoxy) is 1. The number of rotatable bonds is 6. The van der Waals surface area contributed by atoms with Gasteiger partial charge in [-0.1, -0.05) is 6.08 Å². The van der Waals surface area contributed by atoms with Crippen molar-refractivity contribution in [2.75, 3.05) is 6.54 Å². The van der Waals surface area contributed by atoms with Gasteiger partial charge in [-0.25, -0.2) is 4.39 Å². The predicted octanol–water partition coefficient (Wildman–Crippen LogP) is 5.05. The largest absolute Gasteiger partial charge is 0.416 e. The van der Waals surface area contributed by atoms with E-state index in [4.69, 9.17) is 10.5 Å². The number of alkyl halides is 6. The normalized spacial score (nSPS) is 28.0. The molecule has 3 aliphatic rings. The summed E-state index contributed by atoms with van der Waals surface area (Å²) in [5.41, 5.74) is 1.40. The molecule has 4 rings (SSSR count). The molecule has 2 amide bonds. The first-order chi connectivity index (χ1) is 18.4. The number of benzene rings is 1. The van der Waals surface area contributed by atoms with E-state index in [9.17, 15) is 40.3 Å². The third kappa shape index (κ3) is 6.19. The second-order valence-corrected chi connectivity index (χ2v) is 11.1. The molecule has 2 heterocycles. The van der Waals surface area contributed by atoms with E-state index >= 15 is 0 Å². The van der Waals surface area contributed by atoms with E-state index in [1.807, 2.05) is 0 Å². The summed E-state index contributed by atoms with van der Waals surface area (Å²) in [7, 11) is 0. The lowest BCUT2D eigenvalue weighted by molar-refractivity contribution is -0.143. The third-order valence-electron chi connectivity index (χ3n) is 7.63. The van der Waals surface area contributed by atoms with Gasteiger partial charge in [-0.3, -0.25) is 9.59 Å². The molecule has 6 atom stereocenters. The molecule has 0 radical (unpaired) electrons. The maximum absolute atomic E-state index is 13.8. The zero-order chi connectivity index (χ0) is 29.8. The fourth-order valence-electron chi connectivity index (χ4n) is 5.65. The summed E-state index contributed by atoms with van der Waals surface area (Å²) in [4.78, 5) is 27.1. The number of nitrogens with one attached hydrogen (secondary N) is 1. The van der Waals surface area contributed by atoms with E-state index in [0.29, 0.717) is 12.1 Å². The summed E-state index contributed by atoms with van der Waals surface area (Å²) in [5.74, 6) is -2.19. The van der Waals surface area contributed by atoms with Gasteiger partial charge in [0.05, 0.1) is 41.0 Å². The zero-order valence-corrected chi connectivity index (χ0v) is 21.9. The molecular weight excluding hydrogens is 547 g/mol.